The Kier molecular flexibility index (Phi) is 5.25. The summed E-state index contributed by atoms with van der Waals surface area (Å²) in [7, 11) is 0. The second-order valence-corrected chi connectivity index (χ2v) is 6.43. The lowest BCUT2D eigenvalue weighted by Crippen LogP contribution is -2.58. The molecular weight excluding hydrogens is 220 g/mol. The summed E-state index contributed by atoms with van der Waals surface area (Å²) in [6.07, 6.45) is 9.97. The Morgan fingerprint density at radius 2 is 2.17 bits per heavy atom. The van der Waals surface area contributed by atoms with Crippen molar-refractivity contribution < 1.29 is 0 Å². The van der Waals surface area contributed by atoms with Crippen molar-refractivity contribution in [2.75, 3.05) is 19.6 Å². The van der Waals surface area contributed by atoms with Crippen LogP contribution in [0.2, 0.25) is 0 Å². The van der Waals surface area contributed by atoms with Crippen molar-refractivity contribution in [2.24, 2.45) is 11.8 Å². The zero-order valence-corrected chi connectivity index (χ0v) is 12.4. The third-order valence-corrected chi connectivity index (χ3v) is 4.67. The molecule has 2 aliphatic rings. The summed E-state index contributed by atoms with van der Waals surface area (Å²) in [6, 6.07) is 1.44. The molecule has 1 fully saturated rings. The Hall–Kier alpha value is -0.340. The maximum atomic E-state index is 3.71. The molecule has 0 amide bonds. The summed E-state index contributed by atoms with van der Waals surface area (Å²) in [5.74, 6) is 1.65. The lowest BCUT2D eigenvalue weighted by Gasteiger charge is -2.44. The van der Waals surface area contributed by atoms with Crippen molar-refractivity contribution in [3.8, 4) is 0 Å². The Labute approximate surface area is 113 Å². The molecule has 0 radical (unpaired) electrons. The van der Waals surface area contributed by atoms with E-state index in [0.29, 0.717) is 6.04 Å². The standard InChI is InChI=1S/C16H30N2/c1-4-15-12-18(16(10-17-15)13(2)3)11-14-8-6-5-7-9-14/h5-6,13-17H,4,7-12H2,1-3H3. The van der Waals surface area contributed by atoms with Crippen LogP contribution >= 0.6 is 0 Å². The van der Waals surface area contributed by atoms with Gasteiger partial charge in [-0.05, 0) is 37.5 Å². The summed E-state index contributed by atoms with van der Waals surface area (Å²) < 4.78 is 0. The number of hydrogen-bond donors (Lipinski definition) is 1. The van der Waals surface area contributed by atoms with Gasteiger partial charge in [0.15, 0.2) is 0 Å². The highest BCUT2D eigenvalue weighted by molar-refractivity contribution is 4.93. The van der Waals surface area contributed by atoms with E-state index in [1.807, 2.05) is 0 Å². The zero-order chi connectivity index (χ0) is 13.0. The highest BCUT2D eigenvalue weighted by Crippen LogP contribution is 2.23. The van der Waals surface area contributed by atoms with E-state index in [1.54, 1.807) is 0 Å². The molecule has 2 nitrogen and oxygen atoms in total. The zero-order valence-electron chi connectivity index (χ0n) is 12.4. The normalized spacial score (nSPS) is 34.1. The lowest BCUT2D eigenvalue weighted by molar-refractivity contribution is 0.0786. The van der Waals surface area contributed by atoms with Crippen molar-refractivity contribution in [1.29, 1.82) is 0 Å². The van der Waals surface area contributed by atoms with Gasteiger partial charge in [0.25, 0.3) is 0 Å². The van der Waals surface area contributed by atoms with Gasteiger partial charge in [0.05, 0.1) is 0 Å². The molecule has 2 rings (SSSR count). The topological polar surface area (TPSA) is 15.3 Å². The molecule has 2 heteroatoms. The smallest absolute Gasteiger partial charge is 0.0244 e. The molecule has 1 aliphatic heterocycles. The molecule has 1 saturated heterocycles. The highest BCUT2D eigenvalue weighted by Gasteiger charge is 2.30. The number of nitrogens with one attached hydrogen (secondary N) is 1. The third-order valence-electron chi connectivity index (χ3n) is 4.67. The third kappa shape index (κ3) is 3.58. The Morgan fingerprint density at radius 1 is 1.33 bits per heavy atom. The van der Waals surface area contributed by atoms with Crippen molar-refractivity contribution >= 4 is 0 Å². The predicted molar refractivity (Wildman–Crippen MR) is 78.8 cm³/mol. The second-order valence-electron chi connectivity index (χ2n) is 6.43. The van der Waals surface area contributed by atoms with Gasteiger partial charge in [0, 0.05) is 31.7 Å². The second kappa shape index (κ2) is 6.72. The predicted octanol–water partition coefficient (Wildman–Crippen LogP) is 3.05. The van der Waals surface area contributed by atoms with E-state index in [4.69, 9.17) is 0 Å². The summed E-state index contributed by atoms with van der Waals surface area (Å²) in [5.41, 5.74) is 0. The molecule has 104 valence electrons. The van der Waals surface area contributed by atoms with Gasteiger partial charge in [-0.2, -0.15) is 0 Å². The molecule has 0 saturated carbocycles. The first-order valence-electron chi connectivity index (χ1n) is 7.83. The summed E-state index contributed by atoms with van der Waals surface area (Å²) in [6.45, 7) is 10.8. The fraction of sp³-hybridized carbons (Fsp3) is 0.875. The van der Waals surface area contributed by atoms with Crippen LogP contribution < -0.4 is 5.32 Å². The average Bonchev–Trinajstić information content (AvgIpc) is 2.39. The Morgan fingerprint density at radius 3 is 2.78 bits per heavy atom. The van der Waals surface area contributed by atoms with Crippen LogP contribution in [-0.2, 0) is 0 Å². The average molecular weight is 250 g/mol. The number of allylic oxidation sites excluding steroid dienone is 2. The van der Waals surface area contributed by atoms with Gasteiger partial charge in [-0.1, -0.05) is 32.9 Å². The van der Waals surface area contributed by atoms with Crippen LogP contribution in [0.25, 0.3) is 0 Å². The first kappa shape index (κ1) is 14.1. The molecule has 0 aromatic rings. The van der Waals surface area contributed by atoms with Crippen LogP contribution in [0.5, 0.6) is 0 Å². The molecule has 18 heavy (non-hydrogen) atoms. The molecule has 0 bridgehead atoms. The van der Waals surface area contributed by atoms with Crippen LogP contribution in [0.3, 0.4) is 0 Å². The molecule has 1 N–H and O–H groups in total. The molecule has 3 atom stereocenters. The molecule has 1 heterocycles. The number of nitrogens with zero attached hydrogens (tertiary/aromatic N) is 1. The van der Waals surface area contributed by atoms with E-state index in [0.717, 1.165) is 17.9 Å². The van der Waals surface area contributed by atoms with Gasteiger partial charge in [0.1, 0.15) is 0 Å². The van der Waals surface area contributed by atoms with Gasteiger partial charge >= 0.3 is 0 Å². The van der Waals surface area contributed by atoms with E-state index in [1.165, 1.54) is 45.3 Å². The van der Waals surface area contributed by atoms with E-state index >= 15 is 0 Å². The van der Waals surface area contributed by atoms with Crippen molar-refractivity contribution in [2.45, 2.75) is 58.5 Å². The van der Waals surface area contributed by atoms with Crippen LogP contribution in [-0.4, -0.2) is 36.6 Å². The van der Waals surface area contributed by atoms with Crippen molar-refractivity contribution in [3.05, 3.63) is 12.2 Å². The van der Waals surface area contributed by atoms with Crippen molar-refractivity contribution in [1.82, 2.24) is 10.2 Å². The maximum absolute atomic E-state index is 3.71. The Bertz CT molecular complexity index is 272. The van der Waals surface area contributed by atoms with Gasteiger partial charge in [0.2, 0.25) is 0 Å². The van der Waals surface area contributed by atoms with E-state index in [9.17, 15) is 0 Å². The van der Waals surface area contributed by atoms with E-state index < -0.39 is 0 Å². The molecular formula is C16H30N2. The Balaban J connectivity index is 1.93. The molecule has 3 unspecified atom stereocenters. The monoisotopic (exact) mass is 250 g/mol. The molecule has 0 spiro atoms. The lowest BCUT2D eigenvalue weighted by atomic mass is 9.91. The van der Waals surface area contributed by atoms with Crippen LogP contribution in [0, 0.1) is 11.8 Å². The van der Waals surface area contributed by atoms with E-state index in [-0.39, 0.29) is 0 Å². The van der Waals surface area contributed by atoms with Gasteiger partial charge in [-0.3, -0.25) is 4.90 Å². The first-order chi connectivity index (χ1) is 8.70. The van der Waals surface area contributed by atoms with Crippen LogP contribution in [0.15, 0.2) is 12.2 Å². The number of hydrogen-bond acceptors (Lipinski definition) is 2. The fourth-order valence-electron chi connectivity index (χ4n) is 3.39. The fourth-order valence-corrected chi connectivity index (χ4v) is 3.39. The molecule has 0 aromatic heterocycles. The summed E-state index contributed by atoms with van der Waals surface area (Å²) in [4.78, 5) is 2.78. The minimum Gasteiger partial charge on any atom is -0.311 e. The minimum absolute atomic E-state index is 0.708. The maximum Gasteiger partial charge on any atom is 0.0244 e. The highest BCUT2D eigenvalue weighted by atomic mass is 15.2. The van der Waals surface area contributed by atoms with Gasteiger partial charge in [-0.15, -0.1) is 0 Å². The SMILES string of the molecule is CCC1CN(CC2CC=CCC2)C(C(C)C)CN1. The quantitative estimate of drug-likeness (QED) is 0.772. The first-order valence-corrected chi connectivity index (χ1v) is 7.83. The van der Waals surface area contributed by atoms with Crippen LogP contribution in [0.1, 0.15) is 46.5 Å². The molecule has 1 aliphatic carbocycles. The minimum atomic E-state index is 0.708. The summed E-state index contributed by atoms with van der Waals surface area (Å²) >= 11 is 0. The number of piperazine rings is 1. The van der Waals surface area contributed by atoms with Crippen molar-refractivity contribution in [3.63, 3.8) is 0 Å². The van der Waals surface area contributed by atoms with Crippen LogP contribution in [0.4, 0.5) is 0 Å². The number of rotatable bonds is 4. The van der Waals surface area contributed by atoms with E-state index in [2.05, 4.69) is 43.1 Å². The largest absolute Gasteiger partial charge is 0.311 e. The van der Waals surface area contributed by atoms with Gasteiger partial charge in [-0.25, -0.2) is 0 Å². The molecule has 0 aromatic carbocycles. The summed E-state index contributed by atoms with van der Waals surface area (Å²) in [5, 5.41) is 3.71. The van der Waals surface area contributed by atoms with Gasteiger partial charge < -0.3 is 5.32 Å².